The number of aromatic nitrogens is 1. The highest BCUT2D eigenvalue weighted by Gasteiger charge is 2.08. The highest BCUT2D eigenvalue weighted by molar-refractivity contribution is 7.08. The molecule has 0 fully saturated rings. The molecule has 5 N–H and O–H groups in total. The highest BCUT2D eigenvalue weighted by Crippen LogP contribution is 2.17. The van der Waals surface area contributed by atoms with Crippen LogP contribution in [-0.2, 0) is 6.54 Å². The number of hydrogen-bond acceptors (Lipinski definition) is 5. The fraction of sp³-hybridized carbons (Fsp3) is 0.167. The van der Waals surface area contributed by atoms with Gasteiger partial charge in [-0.3, -0.25) is 4.79 Å². The molecule has 1 amide bonds. The molecule has 0 aromatic carbocycles. The van der Waals surface area contributed by atoms with Crippen LogP contribution in [0.1, 0.15) is 21.5 Å². The summed E-state index contributed by atoms with van der Waals surface area (Å²) in [5.41, 5.74) is 13.9. The first kappa shape index (κ1) is 12.4. The first-order valence-electron chi connectivity index (χ1n) is 5.39. The number of nitrogen functional groups attached to an aromatic ring is 1. The smallest absolute Gasteiger partial charge is 0.250 e. The van der Waals surface area contributed by atoms with Gasteiger partial charge in [-0.2, -0.15) is 11.3 Å². The molecule has 0 aliphatic rings. The number of hydrogen-bond donors (Lipinski definition) is 3. The lowest BCUT2D eigenvalue weighted by atomic mass is 10.2. The quantitative estimate of drug-likeness (QED) is 0.782. The zero-order valence-corrected chi connectivity index (χ0v) is 10.8. The van der Waals surface area contributed by atoms with Gasteiger partial charge in [0.05, 0.1) is 17.4 Å². The molecule has 0 bridgehead atoms. The van der Waals surface area contributed by atoms with Crippen LogP contribution in [-0.4, -0.2) is 10.9 Å². The Hall–Kier alpha value is -2.08. The molecule has 94 valence electrons. The number of nitrogens with one attached hydrogen (secondary N) is 1. The van der Waals surface area contributed by atoms with Crippen LogP contribution >= 0.6 is 11.3 Å². The molecule has 5 nitrogen and oxygen atoms in total. The number of rotatable bonds is 4. The van der Waals surface area contributed by atoms with E-state index in [4.69, 9.17) is 11.5 Å². The average molecular weight is 262 g/mol. The summed E-state index contributed by atoms with van der Waals surface area (Å²) in [7, 11) is 0. The summed E-state index contributed by atoms with van der Waals surface area (Å²) >= 11 is 1.66. The number of amides is 1. The Morgan fingerprint density at radius 3 is 2.89 bits per heavy atom. The van der Waals surface area contributed by atoms with Crippen molar-refractivity contribution in [2.45, 2.75) is 13.5 Å². The summed E-state index contributed by atoms with van der Waals surface area (Å²) in [5.74, 6) is 0.0354. The topological polar surface area (TPSA) is 94.0 Å². The molecule has 2 aromatic rings. The van der Waals surface area contributed by atoms with E-state index in [1.807, 2.05) is 0 Å². The second kappa shape index (κ2) is 5.05. The maximum Gasteiger partial charge on any atom is 0.250 e. The van der Waals surface area contributed by atoms with E-state index in [2.05, 4.69) is 28.0 Å². The number of nitrogens with two attached hydrogens (primary N) is 2. The maximum atomic E-state index is 11.1. The molecule has 2 heterocycles. The van der Waals surface area contributed by atoms with Gasteiger partial charge in [-0.05, 0) is 34.9 Å². The van der Waals surface area contributed by atoms with Gasteiger partial charge in [0, 0.05) is 6.54 Å². The minimum Gasteiger partial charge on any atom is -0.397 e. The molecular formula is C12H14N4OS. The lowest BCUT2D eigenvalue weighted by Gasteiger charge is -2.07. The number of aryl methyl sites for hydroxylation is 1. The largest absolute Gasteiger partial charge is 0.397 e. The van der Waals surface area contributed by atoms with Crippen LogP contribution in [0, 0.1) is 6.92 Å². The molecule has 0 spiro atoms. The lowest BCUT2D eigenvalue weighted by molar-refractivity contribution is 0.100. The molecule has 0 aliphatic carbocycles. The van der Waals surface area contributed by atoms with Crippen LogP contribution in [0.25, 0.3) is 0 Å². The molecular weight excluding hydrogens is 248 g/mol. The third kappa shape index (κ3) is 2.60. The Balaban J connectivity index is 2.13. The first-order valence-corrected chi connectivity index (χ1v) is 6.33. The van der Waals surface area contributed by atoms with Crippen molar-refractivity contribution in [3.8, 4) is 0 Å². The first-order chi connectivity index (χ1) is 8.58. The maximum absolute atomic E-state index is 11.1. The minimum atomic E-state index is -0.551. The molecule has 6 heteroatoms. The van der Waals surface area contributed by atoms with Crippen molar-refractivity contribution in [1.82, 2.24) is 4.98 Å². The Morgan fingerprint density at radius 2 is 2.28 bits per heavy atom. The van der Waals surface area contributed by atoms with Crippen LogP contribution in [0.2, 0.25) is 0 Å². The Bertz CT molecular complexity index is 579. The van der Waals surface area contributed by atoms with Crippen LogP contribution < -0.4 is 16.8 Å². The molecule has 18 heavy (non-hydrogen) atoms. The second-order valence-corrected chi connectivity index (χ2v) is 4.70. The number of primary amides is 1. The predicted octanol–water partition coefficient (Wildman–Crippen LogP) is 1.74. The number of pyridine rings is 1. The van der Waals surface area contributed by atoms with Crippen molar-refractivity contribution in [1.29, 1.82) is 0 Å². The zero-order chi connectivity index (χ0) is 13.1. The van der Waals surface area contributed by atoms with Gasteiger partial charge in [0.1, 0.15) is 5.82 Å². The van der Waals surface area contributed by atoms with Gasteiger partial charge in [-0.25, -0.2) is 4.98 Å². The molecule has 0 radical (unpaired) electrons. The van der Waals surface area contributed by atoms with Gasteiger partial charge in [0.15, 0.2) is 0 Å². The summed E-state index contributed by atoms with van der Waals surface area (Å²) in [6.45, 7) is 2.71. The monoisotopic (exact) mass is 262 g/mol. The van der Waals surface area contributed by atoms with E-state index >= 15 is 0 Å². The number of carbonyl (C=O) groups is 1. The normalized spacial score (nSPS) is 10.3. The molecule has 0 saturated carbocycles. The fourth-order valence-electron chi connectivity index (χ4n) is 1.53. The number of nitrogens with zero attached hydrogens (tertiary/aromatic N) is 1. The molecule has 2 aromatic heterocycles. The minimum absolute atomic E-state index is 0.287. The van der Waals surface area contributed by atoms with Gasteiger partial charge in [-0.1, -0.05) is 0 Å². The van der Waals surface area contributed by atoms with Gasteiger partial charge in [-0.15, -0.1) is 0 Å². The molecule has 0 atom stereocenters. The highest BCUT2D eigenvalue weighted by atomic mass is 32.1. The van der Waals surface area contributed by atoms with Crippen LogP contribution in [0.5, 0.6) is 0 Å². The Morgan fingerprint density at radius 1 is 1.50 bits per heavy atom. The molecule has 0 saturated heterocycles. The van der Waals surface area contributed by atoms with E-state index in [0.717, 1.165) is 0 Å². The van der Waals surface area contributed by atoms with E-state index in [9.17, 15) is 4.79 Å². The predicted molar refractivity (Wildman–Crippen MR) is 73.5 cm³/mol. The Kier molecular flexibility index (Phi) is 3.47. The number of carbonyl (C=O) groups excluding carboxylic acids is 1. The molecule has 0 aliphatic heterocycles. The van der Waals surface area contributed by atoms with Crippen molar-refractivity contribution in [2.24, 2.45) is 5.73 Å². The van der Waals surface area contributed by atoms with Gasteiger partial charge >= 0.3 is 0 Å². The molecule has 2 rings (SSSR count). The van der Waals surface area contributed by atoms with E-state index in [1.165, 1.54) is 17.3 Å². The Labute approximate surface area is 109 Å². The van der Waals surface area contributed by atoms with Gasteiger partial charge in [0.25, 0.3) is 5.91 Å². The van der Waals surface area contributed by atoms with E-state index < -0.39 is 5.91 Å². The van der Waals surface area contributed by atoms with Crippen LogP contribution in [0.3, 0.4) is 0 Å². The average Bonchev–Trinajstić information content (AvgIpc) is 2.73. The van der Waals surface area contributed by atoms with Gasteiger partial charge < -0.3 is 16.8 Å². The standard InChI is InChI=1S/C12H14N4OS/c1-7-5-18-6-8(7)3-15-11-2-9(12(14)17)10(13)4-16-11/h2,4-6H,3,13H2,1H3,(H2,14,17)(H,15,16). The van der Waals surface area contributed by atoms with Crippen LogP contribution in [0.4, 0.5) is 11.5 Å². The lowest BCUT2D eigenvalue weighted by Crippen LogP contribution is -2.14. The number of anilines is 2. The van der Waals surface area contributed by atoms with Crippen molar-refractivity contribution in [3.63, 3.8) is 0 Å². The summed E-state index contributed by atoms with van der Waals surface area (Å²) in [4.78, 5) is 15.3. The number of thiophene rings is 1. The summed E-state index contributed by atoms with van der Waals surface area (Å²) in [6, 6.07) is 1.57. The second-order valence-electron chi connectivity index (χ2n) is 3.95. The van der Waals surface area contributed by atoms with Gasteiger partial charge in [0.2, 0.25) is 0 Å². The fourth-order valence-corrected chi connectivity index (χ4v) is 2.39. The van der Waals surface area contributed by atoms with E-state index in [-0.39, 0.29) is 5.56 Å². The molecule has 0 unspecified atom stereocenters. The third-order valence-corrected chi connectivity index (χ3v) is 3.53. The van der Waals surface area contributed by atoms with Crippen molar-refractivity contribution >= 4 is 28.7 Å². The third-order valence-electron chi connectivity index (χ3n) is 2.62. The van der Waals surface area contributed by atoms with Crippen molar-refractivity contribution < 1.29 is 4.79 Å². The van der Waals surface area contributed by atoms with Crippen molar-refractivity contribution in [3.05, 3.63) is 39.7 Å². The summed E-state index contributed by atoms with van der Waals surface area (Å²) in [6.07, 6.45) is 1.43. The van der Waals surface area contributed by atoms with E-state index in [1.54, 1.807) is 17.4 Å². The SMILES string of the molecule is Cc1cscc1CNc1cc(C(N)=O)c(N)cn1. The summed E-state index contributed by atoms with van der Waals surface area (Å²) < 4.78 is 0. The summed E-state index contributed by atoms with van der Waals surface area (Å²) in [5, 5.41) is 7.31. The van der Waals surface area contributed by atoms with Crippen molar-refractivity contribution in [2.75, 3.05) is 11.1 Å². The van der Waals surface area contributed by atoms with E-state index in [0.29, 0.717) is 18.1 Å². The zero-order valence-electron chi connectivity index (χ0n) is 9.93. The van der Waals surface area contributed by atoms with Crippen LogP contribution in [0.15, 0.2) is 23.0 Å².